The Bertz CT molecular complexity index is 688. The van der Waals surface area contributed by atoms with Crippen LogP contribution in [0.4, 0.5) is 11.4 Å². The molecule has 128 valence electrons. The number of imide groups is 1. The van der Waals surface area contributed by atoms with E-state index in [0.29, 0.717) is 36.6 Å². The third-order valence-corrected chi connectivity index (χ3v) is 4.44. The number of nitrogens with zero attached hydrogens (tertiary/aromatic N) is 2. The number of amides is 3. The summed E-state index contributed by atoms with van der Waals surface area (Å²) in [6.07, 6.45) is 1.50. The van der Waals surface area contributed by atoms with Gasteiger partial charge in [0, 0.05) is 25.2 Å². The summed E-state index contributed by atoms with van der Waals surface area (Å²) in [5.41, 5.74) is 1.38. The van der Waals surface area contributed by atoms with Crippen molar-refractivity contribution >= 4 is 29.1 Å². The molecular weight excluding hydrogens is 310 g/mol. The lowest BCUT2D eigenvalue weighted by Crippen LogP contribution is -2.34. The predicted molar refractivity (Wildman–Crippen MR) is 89.0 cm³/mol. The van der Waals surface area contributed by atoms with E-state index in [9.17, 15) is 14.4 Å². The molecule has 24 heavy (non-hydrogen) atoms. The number of anilines is 2. The smallest absolute Gasteiger partial charge is 0.252 e. The van der Waals surface area contributed by atoms with Gasteiger partial charge in [-0.3, -0.25) is 19.3 Å². The maximum Gasteiger partial charge on any atom is 0.252 e. The minimum atomic E-state index is -0.562. The summed E-state index contributed by atoms with van der Waals surface area (Å²) in [5.74, 6) is 0.301. The van der Waals surface area contributed by atoms with Crippen molar-refractivity contribution in [2.75, 3.05) is 30.4 Å². The Morgan fingerprint density at radius 2 is 2.04 bits per heavy atom. The molecule has 2 fully saturated rings. The van der Waals surface area contributed by atoms with Crippen molar-refractivity contribution in [1.29, 1.82) is 0 Å². The van der Waals surface area contributed by atoms with Crippen LogP contribution in [0.3, 0.4) is 0 Å². The second-order valence-corrected chi connectivity index (χ2v) is 5.91. The molecule has 2 aliphatic heterocycles. The average molecular weight is 331 g/mol. The van der Waals surface area contributed by atoms with Crippen molar-refractivity contribution < 1.29 is 19.1 Å². The highest BCUT2D eigenvalue weighted by atomic mass is 16.5. The van der Waals surface area contributed by atoms with Crippen molar-refractivity contribution in [3.05, 3.63) is 18.2 Å². The third kappa shape index (κ3) is 2.81. The first kappa shape index (κ1) is 16.3. The Morgan fingerprint density at radius 1 is 1.25 bits per heavy atom. The summed E-state index contributed by atoms with van der Waals surface area (Å²) < 4.78 is 5.35. The van der Waals surface area contributed by atoms with Crippen LogP contribution in [0, 0.1) is 0 Å². The van der Waals surface area contributed by atoms with Gasteiger partial charge in [-0.2, -0.15) is 0 Å². The number of hydrogen-bond donors (Lipinski definition) is 1. The van der Waals surface area contributed by atoms with Gasteiger partial charge in [0.25, 0.3) is 5.91 Å². The fraction of sp³-hybridized carbons (Fsp3) is 0.471. The lowest BCUT2D eigenvalue weighted by molar-refractivity contribution is -0.138. The zero-order valence-corrected chi connectivity index (χ0v) is 13.9. The number of carbonyl (C=O) groups excluding carboxylic acids is 3. The van der Waals surface area contributed by atoms with Crippen molar-refractivity contribution in [2.45, 2.75) is 32.2 Å². The molecule has 7 heteroatoms. The van der Waals surface area contributed by atoms with Gasteiger partial charge in [-0.15, -0.1) is 0 Å². The van der Waals surface area contributed by atoms with Crippen LogP contribution in [0.5, 0.6) is 5.75 Å². The second kappa shape index (κ2) is 6.51. The lowest BCUT2D eigenvalue weighted by Gasteiger charge is -2.21. The first-order valence-electron chi connectivity index (χ1n) is 8.14. The maximum atomic E-state index is 12.2. The molecule has 7 nitrogen and oxygen atoms in total. The normalized spacial score (nSPS) is 20.9. The molecule has 2 saturated heterocycles. The van der Waals surface area contributed by atoms with Gasteiger partial charge in [-0.1, -0.05) is 0 Å². The fourth-order valence-corrected chi connectivity index (χ4v) is 3.22. The number of carbonyl (C=O) groups is 3. The Labute approximate surface area is 140 Å². The average Bonchev–Trinajstić information content (AvgIpc) is 3.11. The van der Waals surface area contributed by atoms with E-state index in [2.05, 4.69) is 5.32 Å². The summed E-state index contributed by atoms with van der Waals surface area (Å²) in [7, 11) is 1.56. The van der Waals surface area contributed by atoms with Gasteiger partial charge in [0.15, 0.2) is 0 Å². The largest absolute Gasteiger partial charge is 0.495 e. The number of likely N-dealkylation sites (N-methyl/N-ethyl adjacent to an activating group) is 1. The molecule has 1 atom stereocenters. The molecule has 0 aliphatic carbocycles. The van der Waals surface area contributed by atoms with Crippen LogP contribution in [0.2, 0.25) is 0 Å². The SMILES string of the molecule is CCN1C(=O)CC(Nc2ccc(OC)c(N3CCCC3=O)c2)C1=O. The molecule has 1 aromatic rings. The second-order valence-electron chi connectivity index (χ2n) is 5.91. The van der Waals surface area contributed by atoms with E-state index in [1.165, 1.54) is 4.90 Å². The first-order chi connectivity index (χ1) is 11.5. The molecule has 0 spiro atoms. The Kier molecular flexibility index (Phi) is 4.42. The minimum Gasteiger partial charge on any atom is -0.495 e. The summed E-state index contributed by atoms with van der Waals surface area (Å²) in [6.45, 7) is 2.82. The monoisotopic (exact) mass is 331 g/mol. The third-order valence-electron chi connectivity index (χ3n) is 4.44. The predicted octanol–water partition coefficient (Wildman–Crippen LogP) is 1.38. The van der Waals surface area contributed by atoms with Gasteiger partial charge in [0.2, 0.25) is 11.8 Å². The van der Waals surface area contributed by atoms with E-state index in [-0.39, 0.29) is 24.1 Å². The number of likely N-dealkylation sites (tertiary alicyclic amines) is 1. The van der Waals surface area contributed by atoms with E-state index < -0.39 is 6.04 Å². The minimum absolute atomic E-state index is 0.0646. The molecule has 0 radical (unpaired) electrons. The molecule has 1 unspecified atom stereocenters. The van der Waals surface area contributed by atoms with E-state index in [4.69, 9.17) is 4.74 Å². The van der Waals surface area contributed by atoms with Crippen molar-refractivity contribution in [3.8, 4) is 5.75 Å². The van der Waals surface area contributed by atoms with Crippen LogP contribution in [-0.4, -0.2) is 48.9 Å². The number of nitrogens with one attached hydrogen (secondary N) is 1. The van der Waals surface area contributed by atoms with E-state index in [1.807, 2.05) is 0 Å². The molecule has 3 rings (SSSR count). The van der Waals surface area contributed by atoms with Gasteiger partial charge >= 0.3 is 0 Å². The number of methoxy groups -OCH3 is 1. The van der Waals surface area contributed by atoms with Crippen molar-refractivity contribution in [3.63, 3.8) is 0 Å². The Balaban J connectivity index is 1.83. The molecule has 2 heterocycles. The molecule has 0 aromatic heterocycles. The zero-order chi connectivity index (χ0) is 17.3. The van der Waals surface area contributed by atoms with E-state index in [0.717, 1.165) is 6.42 Å². The van der Waals surface area contributed by atoms with Crippen LogP contribution < -0.4 is 15.0 Å². The first-order valence-corrected chi connectivity index (χ1v) is 8.14. The molecule has 1 N–H and O–H groups in total. The van der Waals surface area contributed by atoms with Gasteiger partial charge in [-0.25, -0.2) is 0 Å². The molecule has 2 aliphatic rings. The summed E-state index contributed by atoms with van der Waals surface area (Å²) in [5, 5.41) is 3.11. The molecule has 0 bridgehead atoms. The van der Waals surface area contributed by atoms with Gasteiger partial charge < -0.3 is 15.0 Å². The molecular formula is C17H21N3O4. The molecule has 1 aromatic carbocycles. The molecule has 0 saturated carbocycles. The lowest BCUT2D eigenvalue weighted by atomic mass is 10.2. The summed E-state index contributed by atoms with van der Waals surface area (Å²) in [6, 6.07) is 4.79. The van der Waals surface area contributed by atoms with Crippen molar-refractivity contribution in [2.24, 2.45) is 0 Å². The Morgan fingerprint density at radius 3 is 2.62 bits per heavy atom. The quantitative estimate of drug-likeness (QED) is 0.825. The molecule has 3 amide bonds. The standard InChI is InChI=1S/C17H21N3O4/c1-3-19-16(22)10-12(17(19)23)18-11-6-7-14(24-2)13(9-11)20-8-4-5-15(20)21/h6-7,9,12,18H,3-5,8,10H2,1-2H3. The number of ether oxygens (including phenoxy) is 1. The topological polar surface area (TPSA) is 79.0 Å². The highest BCUT2D eigenvalue weighted by Gasteiger charge is 2.37. The maximum absolute atomic E-state index is 12.2. The highest BCUT2D eigenvalue weighted by molar-refractivity contribution is 6.07. The number of rotatable bonds is 5. The van der Waals surface area contributed by atoms with E-state index >= 15 is 0 Å². The van der Waals surface area contributed by atoms with Gasteiger partial charge in [0.1, 0.15) is 11.8 Å². The summed E-state index contributed by atoms with van der Waals surface area (Å²) >= 11 is 0. The van der Waals surface area contributed by atoms with Crippen LogP contribution in [0.15, 0.2) is 18.2 Å². The fourth-order valence-electron chi connectivity index (χ4n) is 3.22. The highest BCUT2D eigenvalue weighted by Crippen LogP contribution is 2.34. The van der Waals surface area contributed by atoms with Crippen molar-refractivity contribution in [1.82, 2.24) is 4.90 Å². The zero-order valence-electron chi connectivity index (χ0n) is 13.9. The van der Waals surface area contributed by atoms with Crippen LogP contribution >= 0.6 is 0 Å². The summed E-state index contributed by atoms with van der Waals surface area (Å²) in [4.78, 5) is 39.0. The number of benzene rings is 1. The van der Waals surface area contributed by atoms with Gasteiger partial charge in [-0.05, 0) is 31.5 Å². The van der Waals surface area contributed by atoms with Gasteiger partial charge in [0.05, 0.1) is 19.2 Å². The van der Waals surface area contributed by atoms with E-state index in [1.54, 1.807) is 37.1 Å². The Hall–Kier alpha value is -2.57. The number of hydrogen-bond acceptors (Lipinski definition) is 5. The van der Waals surface area contributed by atoms with Crippen LogP contribution in [0.1, 0.15) is 26.2 Å². The van der Waals surface area contributed by atoms with Crippen LogP contribution in [0.25, 0.3) is 0 Å². The van der Waals surface area contributed by atoms with Crippen LogP contribution in [-0.2, 0) is 14.4 Å².